The van der Waals surface area contributed by atoms with Gasteiger partial charge in [-0.25, -0.2) is 18.1 Å². The minimum atomic E-state index is -2.99. The Hall–Kier alpha value is -6.84. The van der Waals surface area contributed by atoms with Gasteiger partial charge in [0.25, 0.3) is 11.8 Å². The van der Waals surface area contributed by atoms with Crippen molar-refractivity contribution in [1.82, 2.24) is 59.7 Å². The minimum absolute atomic E-state index is 0.00449. The van der Waals surface area contributed by atoms with Crippen LogP contribution in [0.2, 0.25) is 0 Å². The van der Waals surface area contributed by atoms with Crippen LogP contribution in [0.25, 0.3) is 0 Å². The third-order valence-electron chi connectivity index (χ3n) is 18.1. The number of halogens is 6. The largest absolute Gasteiger partial charge is 0.415 e. The van der Waals surface area contributed by atoms with Crippen LogP contribution in [0, 0.1) is 22.7 Å². The molecule has 20 nitrogen and oxygen atoms in total. The van der Waals surface area contributed by atoms with E-state index >= 15 is 0 Å². The van der Waals surface area contributed by atoms with Gasteiger partial charge in [0.2, 0.25) is 23.7 Å². The summed E-state index contributed by atoms with van der Waals surface area (Å²) in [6.07, 6.45) is 13.5. The van der Waals surface area contributed by atoms with Crippen molar-refractivity contribution < 1.29 is 55.0 Å². The van der Waals surface area contributed by atoms with Crippen LogP contribution in [0.15, 0.2) is 24.8 Å². The average molecular weight is 1180 g/mol. The first-order valence-corrected chi connectivity index (χ1v) is 29.5. The summed E-state index contributed by atoms with van der Waals surface area (Å²) in [5.41, 5.74) is 3.68. The molecule has 14 rings (SSSR count). The number of ether oxygens (including phenoxy) is 2. The average Bonchev–Trinajstić information content (AvgIpc) is 2.80. The number of anilines is 4. The predicted molar refractivity (Wildman–Crippen MR) is 285 cm³/mol. The topological polar surface area (TPSA) is 232 Å². The summed E-state index contributed by atoms with van der Waals surface area (Å²) in [5, 5.41) is 37.0. The molecule has 8 aliphatic rings. The number of rotatable bonds is 20. The summed E-state index contributed by atoms with van der Waals surface area (Å²) in [7, 11) is 3.19. The third-order valence-corrected chi connectivity index (χ3v) is 20.7. The number of carbonyl (C=O) groups is 4. The maximum Gasteiger partial charge on any atom is 0.388 e. The number of thiophene rings is 2. The van der Waals surface area contributed by atoms with E-state index in [2.05, 4.69) is 61.3 Å². The van der Waals surface area contributed by atoms with Crippen molar-refractivity contribution in [2.75, 3.05) is 10.6 Å². The Morgan fingerprint density at radius 3 is 1.40 bits per heavy atom. The zero-order valence-electron chi connectivity index (χ0n) is 44.8. The number of Topliss-reactive ketones (excluding diaryl/α,β-unsaturated/α-hetero) is 2. The lowest BCUT2D eigenvalue weighted by Crippen LogP contribution is -2.33. The molecule has 0 bridgehead atoms. The molecule has 0 unspecified atom stereocenters. The van der Waals surface area contributed by atoms with E-state index in [9.17, 15) is 45.5 Å². The number of nitrogens with one attached hydrogen (secondary N) is 4. The Morgan fingerprint density at radius 1 is 0.646 bits per heavy atom. The normalized spacial score (nSPS) is 25.5. The highest BCUT2D eigenvalue weighted by atomic mass is 32.1. The van der Waals surface area contributed by atoms with Crippen LogP contribution in [0.1, 0.15) is 140 Å². The van der Waals surface area contributed by atoms with Crippen molar-refractivity contribution in [2.24, 2.45) is 36.8 Å². The van der Waals surface area contributed by atoms with Crippen molar-refractivity contribution in [3.63, 3.8) is 0 Å². The molecular formula is C54H60F6N14O6S2. The molecule has 4 atom stereocenters. The lowest BCUT2D eigenvalue weighted by Gasteiger charge is -2.28. The molecule has 6 aromatic heterocycles. The first kappa shape index (κ1) is 54.4. The molecule has 6 saturated carbocycles. The number of hydrogen-bond acceptors (Lipinski definition) is 16. The van der Waals surface area contributed by atoms with Gasteiger partial charge in [-0.3, -0.25) is 28.3 Å². The molecule has 2 spiro atoms. The molecule has 2 amide bonds. The van der Waals surface area contributed by atoms with Crippen LogP contribution in [-0.2, 0) is 62.2 Å². The Bertz CT molecular complexity index is 3240. The number of ketones is 2. The van der Waals surface area contributed by atoms with Gasteiger partial charge in [-0.15, -0.1) is 53.3 Å². The van der Waals surface area contributed by atoms with Crippen LogP contribution in [0.4, 0.5) is 49.9 Å². The Kier molecular flexibility index (Phi) is 14.0. The van der Waals surface area contributed by atoms with E-state index in [1.807, 2.05) is 9.13 Å². The fraction of sp³-hybridized carbons (Fsp3) is 0.593. The smallest absolute Gasteiger partial charge is 0.388 e. The van der Waals surface area contributed by atoms with Crippen LogP contribution in [0.3, 0.4) is 0 Å². The fourth-order valence-electron chi connectivity index (χ4n) is 12.6. The Labute approximate surface area is 473 Å². The monoisotopic (exact) mass is 1180 g/mol. The number of alkyl halides is 6. The molecule has 8 aliphatic carbocycles. The first-order chi connectivity index (χ1) is 39.4. The van der Waals surface area contributed by atoms with Gasteiger partial charge in [0.15, 0.2) is 0 Å². The zero-order chi connectivity index (χ0) is 56.9. The Morgan fingerprint density at radius 2 is 1.05 bits per heavy atom. The molecule has 0 saturated heterocycles. The SMILES string of the molecule is Cn1nc(OC(F)F)cc1Nc1nncn1[C@H]1CCc2sc(CC(=O)C3CC(F)C3)c(C(=O)N[C@@H]3CC34CC4)c2C1.Cn1nc(OC(F)F)cc1Nc1nncn1[C@H]1CCc2sc(CC(=O)C3CC(F)C3)c(C(=O)N[C@H]3CC34CC4)c2C1. The van der Waals surface area contributed by atoms with E-state index in [0.717, 1.165) is 94.8 Å². The molecule has 6 aromatic rings. The third kappa shape index (κ3) is 10.9. The number of amides is 2. The van der Waals surface area contributed by atoms with Crippen LogP contribution in [-0.4, -0.2) is 110 Å². The maximum atomic E-state index is 13.7. The summed E-state index contributed by atoms with van der Waals surface area (Å²) < 4.78 is 92.7. The van der Waals surface area contributed by atoms with Crippen LogP contribution >= 0.6 is 22.7 Å². The molecule has 82 heavy (non-hydrogen) atoms. The second-order valence-corrected chi connectivity index (χ2v) is 25.9. The number of aryl methyl sites for hydroxylation is 4. The van der Waals surface area contributed by atoms with E-state index in [4.69, 9.17) is 0 Å². The number of nitrogens with zero attached hydrogens (tertiary/aromatic N) is 10. The maximum absolute atomic E-state index is 13.7. The highest BCUT2D eigenvalue weighted by Crippen LogP contribution is 2.66. The van der Waals surface area contributed by atoms with Crippen LogP contribution < -0.4 is 30.7 Å². The van der Waals surface area contributed by atoms with E-state index in [1.165, 1.54) is 44.2 Å². The van der Waals surface area contributed by atoms with E-state index in [1.54, 1.807) is 26.7 Å². The van der Waals surface area contributed by atoms with Gasteiger partial charge in [0.1, 0.15) is 48.2 Å². The summed E-state index contributed by atoms with van der Waals surface area (Å²) in [4.78, 5) is 57.0. The molecule has 28 heteroatoms. The van der Waals surface area contributed by atoms with Gasteiger partial charge in [0.05, 0.1) is 11.1 Å². The lowest BCUT2D eigenvalue weighted by atomic mass is 9.79. The predicted octanol–water partition coefficient (Wildman–Crippen LogP) is 8.58. The van der Waals surface area contributed by atoms with E-state index in [-0.39, 0.29) is 110 Å². The molecule has 0 radical (unpaired) electrons. The summed E-state index contributed by atoms with van der Waals surface area (Å²) in [6.45, 7) is -5.97. The zero-order valence-corrected chi connectivity index (χ0v) is 46.4. The second kappa shape index (κ2) is 21.1. The molecule has 0 aromatic carbocycles. The molecule has 6 heterocycles. The van der Waals surface area contributed by atoms with Crippen molar-refractivity contribution in [3.05, 3.63) is 66.5 Å². The summed E-state index contributed by atoms with van der Waals surface area (Å²) in [6, 6.07) is 2.94. The van der Waals surface area contributed by atoms with Gasteiger partial charge in [0, 0.05) is 94.6 Å². The Balaban J connectivity index is 0.000000154. The van der Waals surface area contributed by atoms with Crippen LogP contribution in [0.5, 0.6) is 11.8 Å². The first-order valence-electron chi connectivity index (χ1n) is 27.9. The number of carbonyl (C=O) groups excluding carboxylic acids is 4. The standard InChI is InChI=1S/2C27H30F3N7O3S/c2*1-36-21(10-22(35-36)40-25(29)30)33-26-34-31-12-37(26)15-2-3-18-16(8-15)23(24(39)32-20-11-27(20)4-5-27)19(41-18)9-17(38)13-6-14(28)7-13/h2*10,12-15,20,25H,2-9,11H2,1H3,(H,32,39)(H,33,34)/t13?,14?,15-,20+;13?,14?,15-,20-/m00/s1. The molecule has 0 aliphatic heterocycles. The van der Waals surface area contributed by atoms with Gasteiger partial charge < -0.3 is 30.7 Å². The number of fused-ring (bicyclic) bond motifs is 2. The summed E-state index contributed by atoms with van der Waals surface area (Å²) in [5.74, 6) is 0.382. The number of aromatic nitrogens is 10. The molecule has 6 fully saturated rings. The van der Waals surface area contributed by atoms with Crippen molar-refractivity contribution in [3.8, 4) is 11.8 Å². The quantitative estimate of drug-likeness (QED) is 0.0525. The molecule has 4 N–H and O–H groups in total. The van der Waals surface area contributed by atoms with Crippen molar-refractivity contribution in [1.29, 1.82) is 0 Å². The number of hydrogen-bond donors (Lipinski definition) is 4. The van der Waals surface area contributed by atoms with E-state index in [0.29, 0.717) is 58.3 Å². The molecular weight excluding hydrogens is 1120 g/mol. The highest BCUT2D eigenvalue weighted by Gasteiger charge is 2.64. The van der Waals surface area contributed by atoms with Crippen molar-refractivity contribution in [2.45, 2.75) is 165 Å². The molecule has 436 valence electrons. The van der Waals surface area contributed by atoms with E-state index < -0.39 is 25.6 Å². The van der Waals surface area contributed by atoms with Gasteiger partial charge in [-0.1, -0.05) is 0 Å². The lowest BCUT2D eigenvalue weighted by molar-refractivity contribution is -0.127. The van der Waals surface area contributed by atoms with Crippen molar-refractivity contribution >= 4 is 69.6 Å². The fourth-order valence-corrected chi connectivity index (χ4v) is 15.3. The van der Waals surface area contributed by atoms with Gasteiger partial charge in [-0.2, -0.15) is 17.6 Å². The second-order valence-electron chi connectivity index (χ2n) is 23.5. The summed E-state index contributed by atoms with van der Waals surface area (Å²) >= 11 is 3.06. The highest BCUT2D eigenvalue weighted by molar-refractivity contribution is 7.13. The van der Waals surface area contributed by atoms with Gasteiger partial charge >= 0.3 is 13.2 Å². The van der Waals surface area contributed by atoms with Gasteiger partial charge in [-0.05, 0) is 125 Å². The minimum Gasteiger partial charge on any atom is -0.415 e.